The molecule has 0 spiro atoms. The van der Waals surface area contributed by atoms with Crippen molar-refractivity contribution in [3.8, 4) is 5.75 Å². The molecule has 1 aromatic heterocycles. The summed E-state index contributed by atoms with van der Waals surface area (Å²) in [5, 5.41) is 3.16. The van der Waals surface area contributed by atoms with Crippen LogP contribution in [-0.4, -0.2) is 61.6 Å². The van der Waals surface area contributed by atoms with Crippen molar-refractivity contribution < 1.29 is 9.53 Å². The van der Waals surface area contributed by atoms with E-state index in [-0.39, 0.29) is 11.8 Å². The number of hydrogen-bond donors (Lipinski definition) is 1. The third-order valence-electron chi connectivity index (χ3n) is 5.33. The van der Waals surface area contributed by atoms with Crippen LogP contribution in [0.15, 0.2) is 30.3 Å². The van der Waals surface area contributed by atoms with Gasteiger partial charge in [-0.2, -0.15) is 0 Å². The first-order chi connectivity index (χ1) is 14.5. The summed E-state index contributed by atoms with van der Waals surface area (Å²) < 4.78 is 5.48. The minimum Gasteiger partial charge on any atom is -0.494 e. The summed E-state index contributed by atoms with van der Waals surface area (Å²) in [4.78, 5) is 26.5. The lowest BCUT2D eigenvalue weighted by molar-refractivity contribution is -0.131. The van der Waals surface area contributed by atoms with Gasteiger partial charge < -0.3 is 19.9 Å². The first kappa shape index (κ1) is 22.0. The summed E-state index contributed by atoms with van der Waals surface area (Å²) in [6.07, 6.45) is 2.38. The van der Waals surface area contributed by atoms with Crippen LogP contribution in [0, 0.1) is 0 Å². The average Bonchev–Trinajstić information content (AvgIpc) is 2.75. The van der Waals surface area contributed by atoms with Crippen molar-refractivity contribution in [2.75, 3.05) is 45.7 Å². The van der Waals surface area contributed by atoms with Gasteiger partial charge in [0.1, 0.15) is 17.4 Å². The fraction of sp³-hybridized carbons (Fsp3) is 0.522. The SMILES string of the molecule is CCOc1ccc(CC(=O)N2CCC[C@H](c3nc(CNC)cc(N(C)C)n3)C2)cc1. The Morgan fingerprint density at radius 2 is 2.03 bits per heavy atom. The molecule has 30 heavy (non-hydrogen) atoms. The fourth-order valence-corrected chi connectivity index (χ4v) is 3.76. The zero-order valence-corrected chi connectivity index (χ0v) is 18.5. The van der Waals surface area contributed by atoms with Gasteiger partial charge in [0.2, 0.25) is 5.91 Å². The van der Waals surface area contributed by atoms with E-state index >= 15 is 0 Å². The van der Waals surface area contributed by atoms with E-state index in [0.29, 0.717) is 26.1 Å². The Bertz CT molecular complexity index is 838. The lowest BCUT2D eigenvalue weighted by atomic mass is 9.96. The quantitative estimate of drug-likeness (QED) is 0.720. The molecule has 2 aromatic rings. The van der Waals surface area contributed by atoms with E-state index in [4.69, 9.17) is 14.7 Å². The predicted octanol–water partition coefficient (Wildman–Crippen LogP) is 2.61. The lowest BCUT2D eigenvalue weighted by Crippen LogP contribution is -2.40. The number of aromatic nitrogens is 2. The van der Waals surface area contributed by atoms with Gasteiger partial charge in [0, 0.05) is 45.7 Å². The maximum atomic E-state index is 12.9. The van der Waals surface area contributed by atoms with E-state index in [9.17, 15) is 4.79 Å². The van der Waals surface area contributed by atoms with Gasteiger partial charge in [0.25, 0.3) is 0 Å². The van der Waals surface area contributed by atoms with Gasteiger partial charge >= 0.3 is 0 Å². The van der Waals surface area contributed by atoms with Crippen molar-refractivity contribution >= 4 is 11.7 Å². The first-order valence-corrected chi connectivity index (χ1v) is 10.7. The molecule has 7 heteroatoms. The van der Waals surface area contributed by atoms with Crippen LogP contribution in [0.1, 0.15) is 42.8 Å². The molecule has 162 valence electrons. The minimum atomic E-state index is 0.156. The smallest absolute Gasteiger partial charge is 0.227 e. The normalized spacial score (nSPS) is 16.4. The Kier molecular flexibility index (Phi) is 7.63. The molecule has 1 atom stereocenters. The molecule has 1 amide bonds. The van der Waals surface area contributed by atoms with E-state index in [1.54, 1.807) is 0 Å². The Hall–Kier alpha value is -2.67. The Labute approximate surface area is 179 Å². The molecule has 7 nitrogen and oxygen atoms in total. The second kappa shape index (κ2) is 10.4. The topological polar surface area (TPSA) is 70.6 Å². The van der Waals surface area contributed by atoms with E-state index in [1.165, 1.54) is 0 Å². The van der Waals surface area contributed by atoms with Gasteiger partial charge in [-0.25, -0.2) is 9.97 Å². The van der Waals surface area contributed by atoms with Crippen molar-refractivity contribution in [3.63, 3.8) is 0 Å². The van der Waals surface area contributed by atoms with Crippen molar-refractivity contribution in [1.29, 1.82) is 0 Å². The first-order valence-electron chi connectivity index (χ1n) is 10.7. The van der Waals surface area contributed by atoms with Gasteiger partial charge in [-0.05, 0) is 44.5 Å². The molecule has 1 saturated heterocycles. The summed E-state index contributed by atoms with van der Waals surface area (Å²) in [7, 11) is 5.89. The molecule has 0 aliphatic carbocycles. The number of nitrogens with zero attached hydrogens (tertiary/aromatic N) is 4. The van der Waals surface area contributed by atoms with Crippen LogP contribution in [0.25, 0.3) is 0 Å². The minimum absolute atomic E-state index is 0.156. The molecule has 1 aliphatic rings. The van der Waals surface area contributed by atoms with Crippen LogP contribution in [0.3, 0.4) is 0 Å². The largest absolute Gasteiger partial charge is 0.494 e. The van der Waals surface area contributed by atoms with E-state index in [1.807, 2.05) is 68.2 Å². The maximum absolute atomic E-state index is 12.9. The average molecular weight is 412 g/mol. The highest BCUT2D eigenvalue weighted by Crippen LogP contribution is 2.27. The molecule has 1 fully saturated rings. The van der Waals surface area contributed by atoms with E-state index < -0.39 is 0 Å². The van der Waals surface area contributed by atoms with Gasteiger partial charge in [-0.1, -0.05) is 12.1 Å². The van der Waals surface area contributed by atoms with Crippen LogP contribution in [0.5, 0.6) is 5.75 Å². The molecule has 3 rings (SSSR count). The number of carbonyl (C=O) groups excluding carboxylic acids is 1. The number of piperidine rings is 1. The number of benzene rings is 1. The van der Waals surface area contributed by atoms with Crippen molar-refractivity contribution in [3.05, 3.63) is 47.4 Å². The van der Waals surface area contributed by atoms with Gasteiger partial charge in [0.15, 0.2) is 0 Å². The second-order valence-electron chi connectivity index (χ2n) is 7.93. The molecule has 1 N–H and O–H groups in total. The molecule has 0 radical (unpaired) electrons. The summed E-state index contributed by atoms with van der Waals surface area (Å²) >= 11 is 0. The molecule has 0 bridgehead atoms. The third-order valence-corrected chi connectivity index (χ3v) is 5.33. The predicted molar refractivity (Wildman–Crippen MR) is 119 cm³/mol. The molecule has 1 aromatic carbocycles. The van der Waals surface area contributed by atoms with Crippen LogP contribution in [0.4, 0.5) is 5.82 Å². The number of amides is 1. The second-order valence-corrected chi connectivity index (χ2v) is 7.93. The number of rotatable bonds is 8. The van der Waals surface area contributed by atoms with Crippen LogP contribution in [0.2, 0.25) is 0 Å². The maximum Gasteiger partial charge on any atom is 0.227 e. The summed E-state index contributed by atoms with van der Waals surface area (Å²) in [6.45, 7) is 4.77. The zero-order valence-electron chi connectivity index (χ0n) is 18.5. The highest BCUT2D eigenvalue weighted by Gasteiger charge is 2.27. The summed E-state index contributed by atoms with van der Waals surface area (Å²) in [6, 6.07) is 9.80. The van der Waals surface area contributed by atoms with E-state index in [0.717, 1.165) is 48.0 Å². The van der Waals surface area contributed by atoms with Gasteiger partial charge in [-0.3, -0.25) is 4.79 Å². The number of carbonyl (C=O) groups is 1. The molecular formula is C23H33N5O2. The van der Waals surface area contributed by atoms with Crippen molar-refractivity contribution in [1.82, 2.24) is 20.2 Å². The van der Waals surface area contributed by atoms with Crippen LogP contribution in [-0.2, 0) is 17.8 Å². The van der Waals surface area contributed by atoms with Crippen LogP contribution < -0.4 is 15.0 Å². The Morgan fingerprint density at radius 1 is 1.27 bits per heavy atom. The highest BCUT2D eigenvalue weighted by molar-refractivity contribution is 5.79. The number of ether oxygens (including phenoxy) is 1. The number of likely N-dealkylation sites (tertiary alicyclic amines) is 1. The van der Waals surface area contributed by atoms with Crippen LogP contribution >= 0.6 is 0 Å². The molecular weight excluding hydrogens is 378 g/mol. The number of nitrogens with one attached hydrogen (secondary N) is 1. The molecule has 2 heterocycles. The Morgan fingerprint density at radius 3 is 2.70 bits per heavy atom. The Balaban J connectivity index is 1.69. The van der Waals surface area contributed by atoms with Crippen molar-refractivity contribution in [2.24, 2.45) is 0 Å². The van der Waals surface area contributed by atoms with Gasteiger partial charge in [0.05, 0.1) is 18.7 Å². The third kappa shape index (κ3) is 5.69. The zero-order chi connectivity index (χ0) is 21.5. The van der Waals surface area contributed by atoms with Gasteiger partial charge in [-0.15, -0.1) is 0 Å². The molecule has 0 unspecified atom stereocenters. The van der Waals surface area contributed by atoms with Crippen molar-refractivity contribution in [2.45, 2.75) is 38.6 Å². The lowest BCUT2D eigenvalue weighted by Gasteiger charge is -2.32. The highest BCUT2D eigenvalue weighted by atomic mass is 16.5. The monoisotopic (exact) mass is 411 g/mol. The fourth-order valence-electron chi connectivity index (χ4n) is 3.76. The summed E-state index contributed by atoms with van der Waals surface area (Å²) in [5.74, 6) is 2.90. The number of anilines is 1. The summed E-state index contributed by atoms with van der Waals surface area (Å²) in [5.41, 5.74) is 1.98. The standard InChI is InChI=1S/C23H33N5O2/c1-5-30-20-10-8-17(9-11-20)13-22(29)28-12-6-7-18(16-28)23-25-19(15-24-2)14-21(26-23)27(3)4/h8-11,14,18,24H,5-7,12-13,15-16H2,1-4H3/t18-/m0/s1. The van der Waals surface area contributed by atoms with E-state index in [2.05, 4.69) is 5.32 Å². The number of hydrogen-bond acceptors (Lipinski definition) is 6. The molecule has 1 aliphatic heterocycles. The molecule has 0 saturated carbocycles.